The summed E-state index contributed by atoms with van der Waals surface area (Å²) in [6, 6.07) is 12.1. The lowest BCUT2D eigenvalue weighted by Crippen LogP contribution is -2.16. The number of nitrogen functional groups attached to an aromatic ring is 1. The lowest BCUT2D eigenvalue weighted by molar-refractivity contribution is -0.113. The molecule has 2 aromatic heterocycles. The number of nitrogens with two attached hydrogens (primary N) is 1. The number of aromatic nitrogens is 3. The van der Waals surface area contributed by atoms with Gasteiger partial charge in [-0.2, -0.15) is 5.26 Å². The molecule has 0 aliphatic heterocycles. The second kappa shape index (κ2) is 6.89. The van der Waals surface area contributed by atoms with E-state index in [0.717, 1.165) is 11.8 Å². The van der Waals surface area contributed by atoms with Crippen LogP contribution in [-0.2, 0) is 4.79 Å². The van der Waals surface area contributed by atoms with E-state index in [0.29, 0.717) is 28.0 Å². The molecule has 9 heteroatoms. The molecule has 0 unspecified atom stereocenters. The van der Waals surface area contributed by atoms with E-state index in [1.165, 1.54) is 10.9 Å². The van der Waals surface area contributed by atoms with Gasteiger partial charge in [0.05, 0.1) is 23.6 Å². The number of thioether (sulfide) groups is 1. The summed E-state index contributed by atoms with van der Waals surface area (Å²) in [5, 5.41) is 19.8. The second-order valence-corrected chi connectivity index (χ2v) is 5.62. The number of nitrogens with one attached hydrogen (secondary N) is 1. The fraction of sp³-hybridized carbons (Fsp3) is 0.0667. The van der Waals surface area contributed by atoms with E-state index >= 15 is 0 Å². The quantitative estimate of drug-likeness (QED) is 0.536. The minimum atomic E-state index is -0.216. The summed E-state index contributed by atoms with van der Waals surface area (Å²) in [6.45, 7) is 0. The van der Waals surface area contributed by atoms with Gasteiger partial charge in [0, 0.05) is 5.69 Å². The molecule has 0 saturated carbocycles. The zero-order valence-corrected chi connectivity index (χ0v) is 13.2. The number of nitriles is 1. The third-order valence-electron chi connectivity index (χ3n) is 3.04. The fourth-order valence-electron chi connectivity index (χ4n) is 1.90. The number of amides is 1. The van der Waals surface area contributed by atoms with Crippen LogP contribution in [0.25, 0.3) is 11.6 Å². The second-order valence-electron chi connectivity index (χ2n) is 4.68. The first-order valence-electron chi connectivity index (χ1n) is 6.84. The summed E-state index contributed by atoms with van der Waals surface area (Å²) in [5.74, 6) is 6.70. The van der Waals surface area contributed by atoms with Crippen molar-refractivity contribution in [2.24, 2.45) is 0 Å². The number of hydrogen-bond acceptors (Lipinski definition) is 7. The predicted molar refractivity (Wildman–Crippen MR) is 88.4 cm³/mol. The molecule has 3 N–H and O–H groups in total. The molecule has 3 rings (SSSR count). The zero-order valence-electron chi connectivity index (χ0n) is 12.3. The molecule has 1 aromatic carbocycles. The number of hydrogen-bond donors (Lipinski definition) is 2. The Morgan fingerprint density at radius 2 is 2.12 bits per heavy atom. The fourth-order valence-corrected chi connectivity index (χ4v) is 2.56. The van der Waals surface area contributed by atoms with Gasteiger partial charge in [0.1, 0.15) is 0 Å². The maximum absolute atomic E-state index is 12.0. The molecular weight excluding hydrogens is 328 g/mol. The minimum Gasteiger partial charge on any atom is -0.461 e. The van der Waals surface area contributed by atoms with Gasteiger partial charge < -0.3 is 15.6 Å². The average Bonchev–Trinajstić information content (AvgIpc) is 3.23. The monoisotopic (exact) mass is 340 g/mol. The third kappa shape index (κ3) is 3.39. The van der Waals surface area contributed by atoms with Gasteiger partial charge in [0.15, 0.2) is 5.76 Å². The lowest BCUT2D eigenvalue weighted by Gasteiger charge is -2.05. The molecule has 0 saturated heterocycles. The highest BCUT2D eigenvalue weighted by Gasteiger charge is 2.15. The van der Waals surface area contributed by atoms with Gasteiger partial charge in [-0.1, -0.05) is 11.8 Å². The van der Waals surface area contributed by atoms with Crippen LogP contribution in [0, 0.1) is 11.3 Å². The molecular formula is C15H12N6O2S. The third-order valence-corrected chi connectivity index (χ3v) is 3.98. The van der Waals surface area contributed by atoms with E-state index in [1.54, 1.807) is 36.4 Å². The summed E-state index contributed by atoms with van der Waals surface area (Å²) in [7, 11) is 0. The molecule has 1 amide bonds. The standard InChI is InChI=1S/C15H12N6O2S/c16-8-10-3-5-11(6-4-10)18-13(22)9-24-15-20-19-14(21(15)17)12-2-1-7-23-12/h1-7H,9,17H2,(H,18,22). The van der Waals surface area contributed by atoms with E-state index in [9.17, 15) is 4.79 Å². The maximum atomic E-state index is 12.0. The van der Waals surface area contributed by atoms with Gasteiger partial charge >= 0.3 is 0 Å². The number of rotatable bonds is 5. The molecule has 0 aliphatic carbocycles. The summed E-state index contributed by atoms with van der Waals surface area (Å²) in [6.07, 6.45) is 1.52. The van der Waals surface area contributed by atoms with Gasteiger partial charge in [-0.3, -0.25) is 4.79 Å². The van der Waals surface area contributed by atoms with Crippen LogP contribution in [0.2, 0.25) is 0 Å². The van der Waals surface area contributed by atoms with Crippen molar-refractivity contribution in [3.05, 3.63) is 48.2 Å². The number of carbonyl (C=O) groups excluding carboxylic acids is 1. The first-order chi connectivity index (χ1) is 11.7. The zero-order chi connectivity index (χ0) is 16.9. The molecule has 3 aromatic rings. The topological polar surface area (TPSA) is 123 Å². The van der Waals surface area contributed by atoms with Crippen LogP contribution >= 0.6 is 11.8 Å². The SMILES string of the molecule is N#Cc1ccc(NC(=O)CSc2nnc(-c3ccco3)n2N)cc1. The smallest absolute Gasteiger partial charge is 0.234 e. The number of nitrogens with zero attached hydrogens (tertiary/aromatic N) is 4. The first kappa shape index (κ1) is 15.6. The normalized spacial score (nSPS) is 10.3. The van der Waals surface area contributed by atoms with Crippen molar-refractivity contribution in [2.45, 2.75) is 5.16 Å². The maximum Gasteiger partial charge on any atom is 0.234 e. The van der Waals surface area contributed by atoms with Crippen molar-refractivity contribution < 1.29 is 9.21 Å². The van der Waals surface area contributed by atoms with E-state index in [-0.39, 0.29) is 11.7 Å². The molecule has 0 aliphatic rings. The van der Waals surface area contributed by atoms with Crippen LogP contribution < -0.4 is 11.2 Å². The Bertz CT molecular complexity index is 880. The van der Waals surface area contributed by atoms with Gasteiger partial charge in [-0.25, -0.2) is 4.68 Å². The van der Waals surface area contributed by atoms with Gasteiger partial charge in [-0.05, 0) is 36.4 Å². The van der Waals surface area contributed by atoms with Crippen molar-refractivity contribution in [3.8, 4) is 17.7 Å². The lowest BCUT2D eigenvalue weighted by atomic mass is 10.2. The molecule has 0 spiro atoms. The Morgan fingerprint density at radius 1 is 1.33 bits per heavy atom. The average molecular weight is 340 g/mol. The molecule has 2 heterocycles. The van der Waals surface area contributed by atoms with Crippen LogP contribution in [0.15, 0.2) is 52.2 Å². The van der Waals surface area contributed by atoms with Crippen LogP contribution in [0.5, 0.6) is 0 Å². The Hall–Kier alpha value is -3.25. The molecule has 0 radical (unpaired) electrons. The largest absolute Gasteiger partial charge is 0.461 e. The minimum absolute atomic E-state index is 0.119. The van der Waals surface area contributed by atoms with Gasteiger partial charge in [0.2, 0.25) is 16.9 Å². The molecule has 0 atom stereocenters. The Morgan fingerprint density at radius 3 is 2.79 bits per heavy atom. The highest BCUT2D eigenvalue weighted by Crippen LogP contribution is 2.21. The van der Waals surface area contributed by atoms with Crippen molar-refractivity contribution in [3.63, 3.8) is 0 Å². The van der Waals surface area contributed by atoms with Crippen molar-refractivity contribution in [1.29, 1.82) is 5.26 Å². The van der Waals surface area contributed by atoms with E-state index in [2.05, 4.69) is 15.5 Å². The van der Waals surface area contributed by atoms with Crippen molar-refractivity contribution in [1.82, 2.24) is 14.9 Å². The molecule has 24 heavy (non-hydrogen) atoms. The molecule has 120 valence electrons. The molecule has 0 bridgehead atoms. The summed E-state index contributed by atoms with van der Waals surface area (Å²) >= 11 is 1.16. The predicted octanol–water partition coefficient (Wildman–Crippen LogP) is 1.85. The van der Waals surface area contributed by atoms with E-state index in [1.807, 2.05) is 6.07 Å². The van der Waals surface area contributed by atoms with E-state index in [4.69, 9.17) is 15.5 Å². The number of benzene rings is 1. The van der Waals surface area contributed by atoms with E-state index < -0.39 is 0 Å². The summed E-state index contributed by atoms with van der Waals surface area (Å²) in [4.78, 5) is 12.0. The summed E-state index contributed by atoms with van der Waals surface area (Å²) in [5.41, 5.74) is 1.15. The van der Waals surface area contributed by atoms with Gasteiger partial charge in [-0.15, -0.1) is 10.2 Å². The number of anilines is 1. The Labute approximate surface area is 141 Å². The Balaban J connectivity index is 1.59. The van der Waals surface area contributed by atoms with Crippen molar-refractivity contribution in [2.75, 3.05) is 16.9 Å². The van der Waals surface area contributed by atoms with Crippen LogP contribution in [-0.4, -0.2) is 26.5 Å². The highest BCUT2D eigenvalue weighted by atomic mass is 32.2. The van der Waals surface area contributed by atoms with Crippen molar-refractivity contribution >= 4 is 23.4 Å². The molecule has 8 nitrogen and oxygen atoms in total. The number of carbonyl (C=O) groups is 1. The number of furan rings is 1. The summed E-state index contributed by atoms with van der Waals surface area (Å²) < 4.78 is 6.50. The van der Waals surface area contributed by atoms with Crippen LogP contribution in [0.1, 0.15) is 5.56 Å². The first-order valence-corrected chi connectivity index (χ1v) is 7.83. The molecule has 0 fully saturated rings. The van der Waals surface area contributed by atoms with Crippen LogP contribution in [0.4, 0.5) is 5.69 Å². The van der Waals surface area contributed by atoms with Gasteiger partial charge in [0.25, 0.3) is 0 Å². The van der Waals surface area contributed by atoms with Crippen LogP contribution in [0.3, 0.4) is 0 Å². The highest BCUT2D eigenvalue weighted by molar-refractivity contribution is 7.99. The Kier molecular flexibility index (Phi) is 4.49.